The summed E-state index contributed by atoms with van der Waals surface area (Å²) in [5.74, 6) is 1.47. The van der Waals surface area contributed by atoms with Crippen molar-refractivity contribution in [3.8, 4) is 0 Å². The third kappa shape index (κ3) is 5.41. The Labute approximate surface area is 120 Å². The molecular weight excluding hydrogens is 236 g/mol. The summed E-state index contributed by atoms with van der Waals surface area (Å²) < 4.78 is 5.25. The summed E-state index contributed by atoms with van der Waals surface area (Å²) in [6, 6.07) is 1.93. The third-order valence-corrected chi connectivity index (χ3v) is 4.30. The predicted octanol–water partition coefficient (Wildman–Crippen LogP) is 2.76. The lowest BCUT2D eigenvalue weighted by Crippen LogP contribution is -2.60. The van der Waals surface area contributed by atoms with Gasteiger partial charge in [-0.15, -0.1) is 0 Å². The van der Waals surface area contributed by atoms with Crippen LogP contribution in [0.25, 0.3) is 0 Å². The summed E-state index contributed by atoms with van der Waals surface area (Å²) in [7, 11) is 1.80. The van der Waals surface area contributed by atoms with E-state index in [0.29, 0.717) is 24.0 Å². The highest BCUT2D eigenvalue weighted by molar-refractivity contribution is 4.90. The quantitative estimate of drug-likeness (QED) is 0.770. The molecule has 0 spiro atoms. The van der Waals surface area contributed by atoms with Gasteiger partial charge in [0, 0.05) is 44.9 Å². The second-order valence-corrected chi connectivity index (χ2v) is 6.87. The van der Waals surface area contributed by atoms with Gasteiger partial charge in [0.15, 0.2) is 0 Å². The molecule has 0 aromatic rings. The van der Waals surface area contributed by atoms with Gasteiger partial charge in [-0.1, -0.05) is 27.7 Å². The summed E-state index contributed by atoms with van der Waals surface area (Å²) in [5.41, 5.74) is 0. The highest BCUT2D eigenvalue weighted by Gasteiger charge is 2.32. The van der Waals surface area contributed by atoms with E-state index in [4.69, 9.17) is 4.74 Å². The lowest BCUT2D eigenvalue weighted by atomic mass is 9.93. The zero-order valence-corrected chi connectivity index (χ0v) is 13.8. The van der Waals surface area contributed by atoms with Gasteiger partial charge >= 0.3 is 0 Å². The van der Waals surface area contributed by atoms with Crippen LogP contribution in [0.2, 0.25) is 0 Å². The minimum absolute atomic E-state index is 0.615. The Morgan fingerprint density at radius 1 is 1.21 bits per heavy atom. The average Bonchev–Trinajstić information content (AvgIpc) is 2.34. The molecule has 0 aromatic heterocycles. The molecule has 0 radical (unpaired) electrons. The van der Waals surface area contributed by atoms with E-state index >= 15 is 0 Å². The summed E-state index contributed by atoms with van der Waals surface area (Å²) in [5, 5.41) is 3.75. The van der Waals surface area contributed by atoms with E-state index in [9.17, 15) is 0 Å². The number of rotatable bonds is 7. The van der Waals surface area contributed by atoms with E-state index in [1.807, 2.05) is 0 Å². The topological polar surface area (TPSA) is 24.5 Å². The third-order valence-electron chi connectivity index (χ3n) is 4.30. The molecular formula is C16H34N2O. The van der Waals surface area contributed by atoms with Crippen LogP contribution in [0.15, 0.2) is 0 Å². The number of methoxy groups -OCH3 is 1. The van der Waals surface area contributed by atoms with Crippen molar-refractivity contribution in [2.75, 3.05) is 26.8 Å². The number of nitrogens with one attached hydrogen (secondary N) is 1. The Morgan fingerprint density at radius 2 is 1.89 bits per heavy atom. The normalized spacial score (nSPS) is 27.2. The van der Waals surface area contributed by atoms with Crippen molar-refractivity contribution in [3.63, 3.8) is 0 Å². The molecule has 19 heavy (non-hydrogen) atoms. The van der Waals surface area contributed by atoms with E-state index in [0.717, 1.165) is 25.5 Å². The molecule has 0 aromatic carbocycles. The maximum absolute atomic E-state index is 5.25. The molecule has 1 saturated heterocycles. The maximum atomic E-state index is 5.25. The number of piperazine rings is 1. The molecule has 1 aliphatic heterocycles. The van der Waals surface area contributed by atoms with Crippen LogP contribution in [0.1, 0.15) is 47.5 Å². The van der Waals surface area contributed by atoms with Gasteiger partial charge in [0.25, 0.3) is 0 Å². The molecule has 3 atom stereocenters. The molecule has 3 heteroatoms. The van der Waals surface area contributed by atoms with Gasteiger partial charge in [-0.3, -0.25) is 4.90 Å². The first-order valence-corrected chi connectivity index (χ1v) is 7.93. The van der Waals surface area contributed by atoms with Crippen molar-refractivity contribution >= 4 is 0 Å². The van der Waals surface area contributed by atoms with E-state index in [1.54, 1.807) is 7.11 Å². The SMILES string of the molecule is COCCC(C)N1CC(CC(C)C)NCC1C(C)C. The van der Waals surface area contributed by atoms with Crippen LogP contribution in [0.4, 0.5) is 0 Å². The molecule has 1 heterocycles. The molecule has 0 amide bonds. The first-order valence-electron chi connectivity index (χ1n) is 7.93. The minimum Gasteiger partial charge on any atom is -0.385 e. The van der Waals surface area contributed by atoms with E-state index in [1.165, 1.54) is 13.0 Å². The van der Waals surface area contributed by atoms with E-state index in [2.05, 4.69) is 44.8 Å². The summed E-state index contributed by atoms with van der Waals surface area (Å²) in [6.45, 7) is 14.8. The number of ether oxygens (including phenoxy) is 1. The molecule has 0 bridgehead atoms. The monoisotopic (exact) mass is 270 g/mol. The van der Waals surface area contributed by atoms with Gasteiger partial charge < -0.3 is 10.1 Å². The smallest absolute Gasteiger partial charge is 0.0477 e. The standard InChI is InChI=1S/C16H34N2O/c1-12(2)9-15-11-18(14(5)7-8-19-6)16(10-17-15)13(3)4/h12-17H,7-11H2,1-6H3. The predicted molar refractivity (Wildman–Crippen MR) is 82.5 cm³/mol. The van der Waals surface area contributed by atoms with Crippen molar-refractivity contribution in [2.24, 2.45) is 11.8 Å². The molecule has 1 aliphatic rings. The Hall–Kier alpha value is -0.120. The zero-order chi connectivity index (χ0) is 14.4. The van der Waals surface area contributed by atoms with Crippen molar-refractivity contribution < 1.29 is 4.74 Å². The van der Waals surface area contributed by atoms with Crippen LogP contribution >= 0.6 is 0 Å². The molecule has 1 fully saturated rings. The fraction of sp³-hybridized carbons (Fsp3) is 1.00. The Bertz CT molecular complexity index is 243. The average molecular weight is 270 g/mol. The van der Waals surface area contributed by atoms with Crippen LogP contribution in [0.3, 0.4) is 0 Å². The lowest BCUT2D eigenvalue weighted by molar-refractivity contribution is 0.0428. The highest BCUT2D eigenvalue weighted by atomic mass is 16.5. The van der Waals surface area contributed by atoms with Crippen molar-refractivity contribution in [2.45, 2.75) is 65.6 Å². The van der Waals surface area contributed by atoms with E-state index < -0.39 is 0 Å². The van der Waals surface area contributed by atoms with E-state index in [-0.39, 0.29) is 0 Å². The molecule has 114 valence electrons. The zero-order valence-electron chi connectivity index (χ0n) is 13.8. The fourth-order valence-corrected chi connectivity index (χ4v) is 3.17. The molecule has 3 nitrogen and oxygen atoms in total. The minimum atomic E-state index is 0.615. The van der Waals surface area contributed by atoms with Gasteiger partial charge in [0.1, 0.15) is 0 Å². The molecule has 0 aliphatic carbocycles. The largest absolute Gasteiger partial charge is 0.385 e. The summed E-state index contributed by atoms with van der Waals surface area (Å²) >= 11 is 0. The highest BCUT2D eigenvalue weighted by Crippen LogP contribution is 2.21. The van der Waals surface area contributed by atoms with Crippen LogP contribution in [-0.4, -0.2) is 49.8 Å². The Balaban J connectivity index is 2.61. The maximum Gasteiger partial charge on any atom is 0.0477 e. The lowest BCUT2D eigenvalue weighted by Gasteiger charge is -2.46. The second kappa shape index (κ2) is 8.23. The first-order chi connectivity index (χ1) is 8.95. The van der Waals surface area contributed by atoms with Crippen LogP contribution in [-0.2, 0) is 4.74 Å². The van der Waals surface area contributed by atoms with Crippen LogP contribution in [0.5, 0.6) is 0 Å². The summed E-state index contributed by atoms with van der Waals surface area (Å²) in [6.07, 6.45) is 2.41. The van der Waals surface area contributed by atoms with Gasteiger partial charge in [-0.05, 0) is 31.6 Å². The van der Waals surface area contributed by atoms with Gasteiger partial charge in [-0.2, -0.15) is 0 Å². The van der Waals surface area contributed by atoms with Gasteiger partial charge in [0.2, 0.25) is 0 Å². The first kappa shape index (κ1) is 16.9. The van der Waals surface area contributed by atoms with Crippen LogP contribution in [0, 0.1) is 11.8 Å². The molecule has 3 unspecified atom stereocenters. The number of nitrogens with zero attached hydrogens (tertiary/aromatic N) is 1. The second-order valence-electron chi connectivity index (χ2n) is 6.87. The fourth-order valence-electron chi connectivity index (χ4n) is 3.17. The molecule has 1 rings (SSSR count). The Morgan fingerprint density at radius 3 is 2.42 bits per heavy atom. The van der Waals surface area contributed by atoms with Gasteiger partial charge in [0.05, 0.1) is 0 Å². The van der Waals surface area contributed by atoms with Crippen LogP contribution < -0.4 is 5.32 Å². The van der Waals surface area contributed by atoms with Crippen molar-refractivity contribution in [1.29, 1.82) is 0 Å². The van der Waals surface area contributed by atoms with Crippen molar-refractivity contribution in [3.05, 3.63) is 0 Å². The number of hydrogen-bond donors (Lipinski definition) is 1. The Kier molecular flexibility index (Phi) is 7.33. The van der Waals surface area contributed by atoms with Gasteiger partial charge in [-0.25, -0.2) is 0 Å². The van der Waals surface area contributed by atoms with Crippen molar-refractivity contribution in [1.82, 2.24) is 10.2 Å². The summed E-state index contributed by atoms with van der Waals surface area (Å²) in [4.78, 5) is 2.72. The molecule has 0 saturated carbocycles. The molecule has 1 N–H and O–H groups in total. The number of hydrogen-bond acceptors (Lipinski definition) is 3.